The molecule has 2 aromatic rings. The number of aliphatic hydroxyl groups is 1. The first-order valence-electron chi connectivity index (χ1n) is 7.35. The average Bonchev–Trinajstić information content (AvgIpc) is 2.56. The second-order valence-electron chi connectivity index (χ2n) is 4.94. The van der Waals surface area contributed by atoms with Gasteiger partial charge in [0.05, 0.1) is 13.0 Å². The quantitative estimate of drug-likeness (QED) is 0.744. The largest absolute Gasteiger partial charge is 0.395 e. The van der Waals surface area contributed by atoms with Crippen molar-refractivity contribution in [2.24, 2.45) is 0 Å². The lowest BCUT2D eigenvalue weighted by molar-refractivity contribution is -0.130. The number of thioether (sulfide) groups is 1. The Labute approximate surface area is 145 Å². The van der Waals surface area contributed by atoms with Crippen molar-refractivity contribution >= 4 is 29.3 Å². The van der Waals surface area contributed by atoms with Gasteiger partial charge in [0, 0.05) is 41.2 Å². The number of carbonyl (C=O) groups excluding carboxylic acids is 1. The first-order valence-corrected chi connectivity index (χ1v) is 8.71. The number of hydrogen-bond acceptors (Lipinski definition) is 4. The molecular weight excluding hydrogens is 332 g/mol. The zero-order valence-corrected chi connectivity index (χ0v) is 14.3. The molecule has 0 aliphatic rings. The van der Waals surface area contributed by atoms with Crippen LogP contribution in [0.4, 0.5) is 0 Å². The van der Waals surface area contributed by atoms with Crippen molar-refractivity contribution in [3.63, 3.8) is 0 Å². The molecule has 2 rings (SSSR count). The first kappa shape index (κ1) is 17.8. The van der Waals surface area contributed by atoms with Crippen LogP contribution in [0, 0.1) is 0 Å². The van der Waals surface area contributed by atoms with Gasteiger partial charge in [-0.15, -0.1) is 11.8 Å². The van der Waals surface area contributed by atoms with Crippen LogP contribution in [0.15, 0.2) is 53.7 Å². The van der Waals surface area contributed by atoms with Crippen molar-refractivity contribution < 1.29 is 9.90 Å². The molecule has 1 heterocycles. The van der Waals surface area contributed by atoms with Crippen molar-refractivity contribution in [1.29, 1.82) is 0 Å². The lowest BCUT2D eigenvalue weighted by Gasteiger charge is -2.21. The molecule has 122 valence electrons. The van der Waals surface area contributed by atoms with E-state index in [-0.39, 0.29) is 12.5 Å². The van der Waals surface area contributed by atoms with E-state index in [1.165, 1.54) is 0 Å². The third kappa shape index (κ3) is 6.22. The van der Waals surface area contributed by atoms with E-state index in [9.17, 15) is 9.90 Å². The number of halogens is 1. The SMILES string of the molecule is O=C(Cc1ccncc1)N(CCO)CCSc1ccc(Cl)cc1. The Balaban J connectivity index is 1.85. The zero-order valence-electron chi connectivity index (χ0n) is 12.7. The molecule has 1 aromatic heterocycles. The number of pyridine rings is 1. The van der Waals surface area contributed by atoms with Crippen molar-refractivity contribution in [2.45, 2.75) is 11.3 Å². The Hall–Kier alpha value is -1.56. The Kier molecular flexibility index (Phi) is 7.39. The summed E-state index contributed by atoms with van der Waals surface area (Å²) < 4.78 is 0. The lowest BCUT2D eigenvalue weighted by Crippen LogP contribution is -2.36. The molecule has 0 saturated heterocycles. The molecule has 0 aliphatic heterocycles. The molecule has 0 spiro atoms. The molecule has 1 N–H and O–H groups in total. The van der Waals surface area contributed by atoms with Gasteiger partial charge >= 0.3 is 0 Å². The Bertz CT molecular complexity index is 608. The fraction of sp³-hybridized carbons (Fsp3) is 0.294. The molecule has 4 nitrogen and oxygen atoms in total. The Morgan fingerprint density at radius 3 is 2.48 bits per heavy atom. The summed E-state index contributed by atoms with van der Waals surface area (Å²) in [5.74, 6) is 0.783. The summed E-state index contributed by atoms with van der Waals surface area (Å²) in [5.41, 5.74) is 0.929. The van der Waals surface area contributed by atoms with Crippen LogP contribution in [0.25, 0.3) is 0 Å². The van der Waals surface area contributed by atoms with Crippen LogP contribution < -0.4 is 0 Å². The average molecular weight is 351 g/mol. The van der Waals surface area contributed by atoms with Crippen LogP contribution in [0.1, 0.15) is 5.56 Å². The van der Waals surface area contributed by atoms with E-state index in [0.29, 0.717) is 24.5 Å². The van der Waals surface area contributed by atoms with Gasteiger partial charge in [-0.05, 0) is 42.0 Å². The second-order valence-corrected chi connectivity index (χ2v) is 6.54. The van der Waals surface area contributed by atoms with Gasteiger partial charge in [0.1, 0.15) is 0 Å². The number of aromatic nitrogens is 1. The van der Waals surface area contributed by atoms with Crippen LogP contribution in [0.5, 0.6) is 0 Å². The third-order valence-electron chi connectivity index (χ3n) is 3.27. The number of aliphatic hydroxyl groups excluding tert-OH is 1. The summed E-state index contributed by atoms with van der Waals surface area (Å²) in [4.78, 5) is 19.1. The fourth-order valence-corrected chi connectivity index (χ4v) is 3.08. The zero-order chi connectivity index (χ0) is 16.5. The molecule has 0 saturated carbocycles. The number of benzene rings is 1. The Morgan fingerprint density at radius 2 is 1.83 bits per heavy atom. The van der Waals surface area contributed by atoms with E-state index in [4.69, 9.17) is 11.6 Å². The van der Waals surface area contributed by atoms with Crippen LogP contribution in [-0.4, -0.2) is 46.3 Å². The van der Waals surface area contributed by atoms with E-state index in [1.54, 1.807) is 29.1 Å². The molecular formula is C17H19ClN2O2S. The molecule has 1 aromatic carbocycles. The molecule has 0 radical (unpaired) electrons. The highest BCUT2D eigenvalue weighted by molar-refractivity contribution is 7.99. The monoisotopic (exact) mass is 350 g/mol. The highest BCUT2D eigenvalue weighted by Gasteiger charge is 2.13. The van der Waals surface area contributed by atoms with Gasteiger partial charge < -0.3 is 10.0 Å². The van der Waals surface area contributed by atoms with E-state index >= 15 is 0 Å². The summed E-state index contributed by atoms with van der Waals surface area (Å²) in [5, 5.41) is 9.89. The second kappa shape index (κ2) is 9.55. The number of amides is 1. The van der Waals surface area contributed by atoms with Gasteiger partial charge in [-0.2, -0.15) is 0 Å². The van der Waals surface area contributed by atoms with Gasteiger partial charge in [0.15, 0.2) is 0 Å². The topological polar surface area (TPSA) is 53.4 Å². The smallest absolute Gasteiger partial charge is 0.227 e. The molecule has 0 aliphatic carbocycles. The summed E-state index contributed by atoms with van der Waals surface area (Å²) in [6.45, 7) is 0.913. The van der Waals surface area contributed by atoms with Crippen LogP contribution in [-0.2, 0) is 11.2 Å². The minimum absolute atomic E-state index is 0.0157. The first-order chi connectivity index (χ1) is 11.2. The Morgan fingerprint density at radius 1 is 1.13 bits per heavy atom. The molecule has 0 unspecified atom stereocenters. The normalized spacial score (nSPS) is 10.5. The number of hydrogen-bond donors (Lipinski definition) is 1. The van der Waals surface area contributed by atoms with E-state index in [0.717, 1.165) is 16.2 Å². The van der Waals surface area contributed by atoms with Gasteiger partial charge in [-0.1, -0.05) is 11.6 Å². The van der Waals surface area contributed by atoms with Crippen LogP contribution in [0.3, 0.4) is 0 Å². The van der Waals surface area contributed by atoms with Crippen LogP contribution in [0.2, 0.25) is 5.02 Å². The molecule has 23 heavy (non-hydrogen) atoms. The fourth-order valence-electron chi connectivity index (χ4n) is 2.07. The highest BCUT2D eigenvalue weighted by Crippen LogP contribution is 2.20. The van der Waals surface area contributed by atoms with Crippen LogP contribution >= 0.6 is 23.4 Å². The van der Waals surface area contributed by atoms with Gasteiger partial charge in [0.25, 0.3) is 0 Å². The van der Waals surface area contributed by atoms with Gasteiger partial charge in [-0.3, -0.25) is 9.78 Å². The van der Waals surface area contributed by atoms with Crippen molar-refractivity contribution in [3.8, 4) is 0 Å². The maximum absolute atomic E-state index is 12.4. The predicted molar refractivity (Wildman–Crippen MR) is 93.8 cm³/mol. The standard InChI is InChI=1S/C17H19ClN2O2S/c18-15-1-3-16(4-2-15)23-12-10-20(9-11-21)17(22)13-14-5-7-19-8-6-14/h1-8,21H,9-13H2. The number of carbonyl (C=O) groups is 1. The molecule has 0 atom stereocenters. The van der Waals surface area contributed by atoms with Crippen molar-refractivity contribution in [3.05, 3.63) is 59.4 Å². The van der Waals surface area contributed by atoms with E-state index in [1.807, 2.05) is 36.4 Å². The lowest BCUT2D eigenvalue weighted by atomic mass is 10.2. The summed E-state index contributed by atoms with van der Waals surface area (Å²) in [6.07, 6.45) is 3.68. The highest BCUT2D eigenvalue weighted by atomic mass is 35.5. The number of rotatable bonds is 8. The summed E-state index contributed by atoms with van der Waals surface area (Å²) >= 11 is 7.52. The maximum Gasteiger partial charge on any atom is 0.227 e. The van der Waals surface area contributed by atoms with Crippen molar-refractivity contribution in [1.82, 2.24) is 9.88 Å². The third-order valence-corrected chi connectivity index (χ3v) is 4.52. The predicted octanol–water partition coefficient (Wildman–Crippen LogP) is 2.89. The molecule has 6 heteroatoms. The summed E-state index contributed by atoms with van der Waals surface area (Å²) in [7, 11) is 0. The molecule has 0 bridgehead atoms. The van der Waals surface area contributed by atoms with E-state index < -0.39 is 0 Å². The minimum atomic E-state index is -0.0340. The van der Waals surface area contributed by atoms with E-state index in [2.05, 4.69) is 4.98 Å². The molecule has 1 amide bonds. The van der Waals surface area contributed by atoms with Gasteiger partial charge in [0.2, 0.25) is 5.91 Å². The van der Waals surface area contributed by atoms with Gasteiger partial charge in [-0.25, -0.2) is 0 Å². The maximum atomic E-state index is 12.4. The summed E-state index contributed by atoms with van der Waals surface area (Å²) in [6, 6.07) is 11.3. The minimum Gasteiger partial charge on any atom is -0.395 e. The number of nitrogens with zero attached hydrogens (tertiary/aromatic N) is 2. The molecule has 0 fully saturated rings. The van der Waals surface area contributed by atoms with Crippen molar-refractivity contribution in [2.75, 3.05) is 25.4 Å².